The quantitative estimate of drug-likeness (QED) is 0.404. The van der Waals surface area contributed by atoms with Crippen LogP contribution >= 0.6 is 15.9 Å². The van der Waals surface area contributed by atoms with Gasteiger partial charge in [-0.15, -0.1) is 0 Å². The van der Waals surface area contributed by atoms with E-state index in [1.165, 1.54) is 36.6 Å². The second kappa shape index (κ2) is 7.26. The normalized spacial score (nSPS) is 11.5. The highest BCUT2D eigenvalue weighted by atomic mass is 79.9. The average molecular weight is 457 g/mol. The molecule has 3 aromatic carbocycles. The van der Waals surface area contributed by atoms with Gasteiger partial charge >= 0.3 is 10.1 Å². The first-order valence-corrected chi connectivity index (χ1v) is 10.5. The van der Waals surface area contributed by atoms with Crippen molar-refractivity contribution in [2.45, 2.75) is 4.90 Å². The van der Waals surface area contributed by atoms with Gasteiger partial charge < -0.3 is 8.60 Å². The summed E-state index contributed by atoms with van der Waals surface area (Å²) in [5, 5.41) is 0.342. The smallest absolute Gasteiger partial charge is 0.339 e. The van der Waals surface area contributed by atoms with Crippen LogP contribution in [0.3, 0.4) is 0 Å². The largest absolute Gasteiger partial charge is 0.463 e. The highest BCUT2D eigenvalue weighted by Gasteiger charge is 2.18. The van der Waals surface area contributed by atoms with Crippen molar-refractivity contribution in [3.05, 3.63) is 93.8 Å². The summed E-state index contributed by atoms with van der Waals surface area (Å²) in [6.07, 6.45) is 1.37. The van der Waals surface area contributed by atoms with E-state index in [9.17, 15) is 13.2 Å². The maximum Gasteiger partial charge on any atom is 0.339 e. The molecule has 0 aliphatic carbocycles. The van der Waals surface area contributed by atoms with Gasteiger partial charge in [-0.2, -0.15) is 8.42 Å². The first kappa shape index (κ1) is 18.5. The van der Waals surface area contributed by atoms with Crippen LogP contribution < -0.4 is 9.61 Å². The summed E-state index contributed by atoms with van der Waals surface area (Å²) >= 11 is 3.26. The zero-order valence-corrected chi connectivity index (χ0v) is 16.7. The first-order valence-electron chi connectivity index (χ1n) is 8.25. The number of halogens is 1. The molecule has 0 amide bonds. The average Bonchev–Trinajstić information content (AvgIpc) is 2.69. The Morgan fingerprint density at radius 3 is 2.32 bits per heavy atom. The molecular formula is C21H13BrO5S. The molecule has 7 heteroatoms. The van der Waals surface area contributed by atoms with Crippen LogP contribution in [0.5, 0.6) is 5.75 Å². The molecule has 0 fully saturated rings. The van der Waals surface area contributed by atoms with E-state index >= 15 is 0 Å². The van der Waals surface area contributed by atoms with E-state index in [-0.39, 0.29) is 21.7 Å². The fourth-order valence-electron chi connectivity index (χ4n) is 2.75. The minimum atomic E-state index is -4.00. The molecular weight excluding hydrogens is 444 g/mol. The topological polar surface area (TPSA) is 73.6 Å². The standard InChI is InChI=1S/C21H13BrO5S/c22-15-6-9-17(10-7-15)28(24,25)27-16-8-11-18-20(12-16)26-13-19(21(18)23)14-4-2-1-3-5-14/h1-13H. The second-order valence-corrected chi connectivity index (χ2v) is 8.46. The van der Waals surface area contributed by atoms with Crippen molar-refractivity contribution in [1.82, 2.24) is 0 Å². The Labute approximate surface area is 169 Å². The first-order chi connectivity index (χ1) is 13.4. The van der Waals surface area contributed by atoms with Crippen molar-refractivity contribution in [1.29, 1.82) is 0 Å². The van der Waals surface area contributed by atoms with Crippen molar-refractivity contribution >= 4 is 37.0 Å². The molecule has 0 bridgehead atoms. The molecule has 4 rings (SSSR count). The molecule has 0 saturated heterocycles. The zero-order valence-electron chi connectivity index (χ0n) is 14.3. The van der Waals surface area contributed by atoms with Gasteiger partial charge in [-0.1, -0.05) is 46.3 Å². The Kier molecular flexibility index (Phi) is 4.78. The monoisotopic (exact) mass is 456 g/mol. The third-order valence-electron chi connectivity index (χ3n) is 4.14. The van der Waals surface area contributed by atoms with Crippen LogP contribution in [-0.2, 0) is 10.1 Å². The number of rotatable bonds is 4. The third-order valence-corrected chi connectivity index (χ3v) is 5.93. The minimum Gasteiger partial charge on any atom is -0.463 e. The summed E-state index contributed by atoms with van der Waals surface area (Å²) < 4.78 is 36.4. The van der Waals surface area contributed by atoms with Gasteiger partial charge in [-0.3, -0.25) is 4.79 Å². The summed E-state index contributed by atoms with van der Waals surface area (Å²) in [7, 11) is -4.00. The van der Waals surface area contributed by atoms with Crippen LogP contribution in [0.2, 0.25) is 0 Å². The SMILES string of the molecule is O=c1c(-c2ccccc2)coc2cc(OS(=O)(=O)c3ccc(Br)cc3)ccc12. The number of fused-ring (bicyclic) bond motifs is 1. The predicted octanol–water partition coefficient (Wildman–Crippen LogP) is 4.99. The molecule has 1 aromatic heterocycles. The molecule has 0 spiro atoms. The van der Waals surface area contributed by atoms with Crippen molar-refractivity contribution in [3.63, 3.8) is 0 Å². The molecule has 0 radical (unpaired) electrons. The highest BCUT2D eigenvalue weighted by Crippen LogP contribution is 2.25. The molecule has 28 heavy (non-hydrogen) atoms. The summed E-state index contributed by atoms with van der Waals surface area (Å²) in [5.74, 6) is 0.0611. The lowest BCUT2D eigenvalue weighted by Crippen LogP contribution is -2.10. The Morgan fingerprint density at radius 2 is 1.61 bits per heavy atom. The molecule has 1 heterocycles. The number of hydrogen-bond acceptors (Lipinski definition) is 5. The van der Waals surface area contributed by atoms with E-state index < -0.39 is 10.1 Å². The molecule has 0 saturated carbocycles. The maximum atomic E-state index is 12.8. The Hall–Kier alpha value is -2.90. The molecule has 0 unspecified atom stereocenters. The van der Waals surface area contributed by atoms with E-state index in [0.717, 1.165) is 10.0 Å². The van der Waals surface area contributed by atoms with Crippen molar-refractivity contribution < 1.29 is 17.0 Å². The molecule has 0 atom stereocenters. The van der Waals surface area contributed by atoms with Crippen LogP contribution in [0.25, 0.3) is 22.1 Å². The van der Waals surface area contributed by atoms with Gasteiger partial charge in [0.15, 0.2) is 5.43 Å². The van der Waals surface area contributed by atoms with Gasteiger partial charge in [0.05, 0.1) is 10.9 Å². The van der Waals surface area contributed by atoms with Crippen LogP contribution in [0.15, 0.2) is 97.6 Å². The van der Waals surface area contributed by atoms with Crippen molar-refractivity contribution in [2.24, 2.45) is 0 Å². The van der Waals surface area contributed by atoms with Gasteiger partial charge in [-0.25, -0.2) is 0 Å². The second-order valence-electron chi connectivity index (χ2n) is 5.99. The van der Waals surface area contributed by atoms with Gasteiger partial charge in [0.1, 0.15) is 22.5 Å². The summed E-state index contributed by atoms with van der Waals surface area (Å²) in [5.41, 5.74) is 1.23. The lowest BCUT2D eigenvalue weighted by molar-refractivity contribution is 0.485. The van der Waals surface area contributed by atoms with Crippen LogP contribution in [0, 0.1) is 0 Å². The molecule has 140 valence electrons. The van der Waals surface area contributed by atoms with E-state index in [1.807, 2.05) is 30.3 Å². The molecule has 4 aromatic rings. The lowest BCUT2D eigenvalue weighted by Gasteiger charge is -2.08. The minimum absolute atomic E-state index is 0.0247. The highest BCUT2D eigenvalue weighted by molar-refractivity contribution is 9.10. The lowest BCUT2D eigenvalue weighted by atomic mass is 10.1. The number of hydrogen-bond donors (Lipinski definition) is 0. The third kappa shape index (κ3) is 3.58. The molecule has 0 aliphatic heterocycles. The zero-order chi connectivity index (χ0) is 19.7. The van der Waals surface area contributed by atoms with Crippen LogP contribution in [-0.4, -0.2) is 8.42 Å². The summed E-state index contributed by atoms with van der Waals surface area (Å²) in [4.78, 5) is 12.8. The fraction of sp³-hybridized carbons (Fsp3) is 0. The Bertz CT molecular complexity index is 1310. The van der Waals surface area contributed by atoms with E-state index in [0.29, 0.717) is 10.9 Å². The summed E-state index contributed by atoms with van der Waals surface area (Å²) in [6.45, 7) is 0. The van der Waals surface area contributed by atoms with E-state index in [2.05, 4.69) is 15.9 Å². The summed E-state index contributed by atoms with van der Waals surface area (Å²) in [6, 6.07) is 19.6. The fourth-order valence-corrected chi connectivity index (χ4v) is 3.94. The van der Waals surface area contributed by atoms with Crippen LogP contribution in [0.4, 0.5) is 0 Å². The Balaban J connectivity index is 1.71. The van der Waals surface area contributed by atoms with Crippen LogP contribution in [0.1, 0.15) is 0 Å². The van der Waals surface area contributed by atoms with Gasteiger partial charge in [0.25, 0.3) is 0 Å². The Morgan fingerprint density at radius 1 is 0.893 bits per heavy atom. The number of benzene rings is 3. The molecule has 5 nitrogen and oxygen atoms in total. The van der Waals surface area contributed by atoms with Gasteiger partial charge in [0.2, 0.25) is 0 Å². The molecule has 0 aliphatic rings. The van der Waals surface area contributed by atoms with Gasteiger partial charge in [-0.05, 0) is 42.0 Å². The molecule has 0 N–H and O–H groups in total. The van der Waals surface area contributed by atoms with Crippen molar-refractivity contribution in [3.8, 4) is 16.9 Å². The van der Waals surface area contributed by atoms with E-state index in [4.69, 9.17) is 8.60 Å². The van der Waals surface area contributed by atoms with E-state index in [1.54, 1.807) is 12.1 Å². The predicted molar refractivity (Wildman–Crippen MR) is 110 cm³/mol. The van der Waals surface area contributed by atoms with Gasteiger partial charge in [0, 0.05) is 10.5 Å². The maximum absolute atomic E-state index is 12.8. The van der Waals surface area contributed by atoms with Crippen molar-refractivity contribution in [2.75, 3.05) is 0 Å².